The van der Waals surface area contributed by atoms with Gasteiger partial charge >= 0.3 is 5.97 Å². The number of aliphatic carboxylic acids is 1. The Morgan fingerprint density at radius 2 is 2.11 bits per heavy atom. The Labute approximate surface area is 108 Å². The van der Waals surface area contributed by atoms with Crippen molar-refractivity contribution >= 4 is 11.9 Å². The summed E-state index contributed by atoms with van der Waals surface area (Å²) in [7, 11) is 0. The second kappa shape index (κ2) is 7.36. The van der Waals surface area contributed by atoms with Crippen LogP contribution in [0.3, 0.4) is 0 Å². The molecule has 5 heteroatoms. The van der Waals surface area contributed by atoms with Crippen LogP contribution in [-0.2, 0) is 14.3 Å². The van der Waals surface area contributed by atoms with Gasteiger partial charge in [0.25, 0.3) is 0 Å². The Morgan fingerprint density at radius 3 is 2.61 bits per heavy atom. The molecule has 1 aliphatic heterocycles. The van der Waals surface area contributed by atoms with Crippen molar-refractivity contribution in [2.75, 3.05) is 19.7 Å². The van der Waals surface area contributed by atoms with Crippen molar-refractivity contribution in [3.8, 4) is 0 Å². The number of hydrogen-bond donors (Lipinski definition) is 1. The molecule has 1 rings (SSSR count). The summed E-state index contributed by atoms with van der Waals surface area (Å²) in [5, 5.41) is 8.83. The number of carboxylic acids is 1. The van der Waals surface area contributed by atoms with E-state index in [9.17, 15) is 9.59 Å². The molecule has 1 fully saturated rings. The molecule has 0 aromatic heterocycles. The van der Waals surface area contributed by atoms with Crippen molar-refractivity contribution in [3.05, 3.63) is 0 Å². The van der Waals surface area contributed by atoms with Gasteiger partial charge in [-0.2, -0.15) is 0 Å². The first kappa shape index (κ1) is 15.0. The maximum absolute atomic E-state index is 12.1. The highest BCUT2D eigenvalue weighted by molar-refractivity contribution is 5.81. The van der Waals surface area contributed by atoms with Gasteiger partial charge in [0.1, 0.15) is 6.54 Å². The molecule has 1 heterocycles. The molecule has 0 radical (unpaired) electrons. The van der Waals surface area contributed by atoms with E-state index in [2.05, 4.69) is 0 Å². The zero-order chi connectivity index (χ0) is 13.5. The van der Waals surface area contributed by atoms with Crippen molar-refractivity contribution in [2.45, 2.75) is 45.6 Å². The number of nitrogens with zero attached hydrogens (tertiary/aromatic N) is 1. The van der Waals surface area contributed by atoms with Crippen molar-refractivity contribution < 1.29 is 19.4 Å². The number of carbonyl (C=O) groups excluding carboxylic acids is 1. The highest BCUT2D eigenvalue weighted by Gasteiger charge is 2.23. The Balaban J connectivity index is 2.48. The number of amides is 1. The zero-order valence-electron chi connectivity index (χ0n) is 11.2. The van der Waals surface area contributed by atoms with E-state index in [-0.39, 0.29) is 24.5 Å². The first-order valence-electron chi connectivity index (χ1n) is 6.60. The van der Waals surface area contributed by atoms with Gasteiger partial charge in [-0.1, -0.05) is 13.8 Å². The standard InChI is InChI=1S/C13H23NO4/c1-10(2)8-14(9-13(16)17)12(15)7-11-5-3-4-6-18-11/h10-11H,3-9H2,1-2H3,(H,16,17). The summed E-state index contributed by atoms with van der Waals surface area (Å²) in [6.07, 6.45) is 3.31. The lowest BCUT2D eigenvalue weighted by Gasteiger charge is -2.27. The fraction of sp³-hybridized carbons (Fsp3) is 0.846. The van der Waals surface area contributed by atoms with Crippen LogP contribution in [0.25, 0.3) is 0 Å². The predicted molar refractivity (Wildman–Crippen MR) is 67.3 cm³/mol. The first-order chi connectivity index (χ1) is 8.49. The third kappa shape index (κ3) is 5.49. The first-order valence-corrected chi connectivity index (χ1v) is 6.60. The molecule has 1 atom stereocenters. The molecule has 0 saturated carbocycles. The van der Waals surface area contributed by atoms with Crippen LogP contribution in [0.1, 0.15) is 39.5 Å². The molecule has 0 aliphatic carbocycles. The number of hydrogen-bond acceptors (Lipinski definition) is 3. The van der Waals surface area contributed by atoms with Crippen molar-refractivity contribution in [3.63, 3.8) is 0 Å². The second-order valence-corrected chi connectivity index (χ2v) is 5.25. The zero-order valence-corrected chi connectivity index (χ0v) is 11.2. The van der Waals surface area contributed by atoms with E-state index < -0.39 is 5.97 Å². The van der Waals surface area contributed by atoms with Crippen LogP contribution >= 0.6 is 0 Å². The molecule has 0 aromatic carbocycles. The second-order valence-electron chi connectivity index (χ2n) is 5.25. The van der Waals surface area contributed by atoms with Crippen LogP contribution in [0.4, 0.5) is 0 Å². The molecule has 0 bridgehead atoms. The quantitative estimate of drug-likeness (QED) is 0.783. The molecular weight excluding hydrogens is 234 g/mol. The van der Waals surface area contributed by atoms with Crippen LogP contribution in [0.15, 0.2) is 0 Å². The SMILES string of the molecule is CC(C)CN(CC(=O)O)C(=O)CC1CCCCO1. The van der Waals surface area contributed by atoms with Crippen LogP contribution in [0.2, 0.25) is 0 Å². The van der Waals surface area contributed by atoms with Gasteiger partial charge in [0.05, 0.1) is 12.5 Å². The van der Waals surface area contributed by atoms with Crippen LogP contribution in [0, 0.1) is 5.92 Å². The summed E-state index contributed by atoms with van der Waals surface area (Å²) in [4.78, 5) is 24.2. The third-order valence-electron chi connectivity index (χ3n) is 2.94. The summed E-state index contributed by atoms with van der Waals surface area (Å²) >= 11 is 0. The largest absolute Gasteiger partial charge is 0.480 e. The van der Waals surface area contributed by atoms with E-state index in [1.807, 2.05) is 13.8 Å². The van der Waals surface area contributed by atoms with Crippen LogP contribution < -0.4 is 0 Å². The molecule has 1 unspecified atom stereocenters. The van der Waals surface area contributed by atoms with Gasteiger partial charge in [0.15, 0.2) is 0 Å². The van der Waals surface area contributed by atoms with E-state index in [1.54, 1.807) is 0 Å². The van der Waals surface area contributed by atoms with Gasteiger partial charge in [-0.3, -0.25) is 9.59 Å². The molecule has 5 nitrogen and oxygen atoms in total. The summed E-state index contributed by atoms with van der Waals surface area (Å²) in [5.74, 6) is -0.813. The fourth-order valence-electron chi connectivity index (χ4n) is 2.15. The Morgan fingerprint density at radius 1 is 1.39 bits per heavy atom. The number of rotatable bonds is 6. The summed E-state index contributed by atoms with van der Waals surface area (Å²) in [5.41, 5.74) is 0. The van der Waals surface area contributed by atoms with Crippen molar-refractivity contribution in [2.24, 2.45) is 5.92 Å². The lowest BCUT2D eigenvalue weighted by atomic mass is 10.1. The molecule has 1 aliphatic rings. The lowest BCUT2D eigenvalue weighted by Crippen LogP contribution is -2.40. The van der Waals surface area contributed by atoms with Gasteiger partial charge < -0.3 is 14.7 Å². The third-order valence-corrected chi connectivity index (χ3v) is 2.94. The van der Waals surface area contributed by atoms with Gasteiger partial charge in [0, 0.05) is 13.2 Å². The maximum atomic E-state index is 12.1. The van der Waals surface area contributed by atoms with Gasteiger partial charge in [-0.25, -0.2) is 0 Å². The van der Waals surface area contributed by atoms with Crippen LogP contribution in [-0.4, -0.2) is 47.7 Å². The minimum absolute atomic E-state index is 0.0327. The van der Waals surface area contributed by atoms with E-state index in [4.69, 9.17) is 9.84 Å². The topological polar surface area (TPSA) is 66.8 Å². The van der Waals surface area contributed by atoms with E-state index >= 15 is 0 Å². The number of ether oxygens (including phenoxy) is 1. The normalized spacial score (nSPS) is 19.8. The number of carbonyl (C=O) groups is 2. The predicted octanol–water partition coefficient (Wildman–Crippen LogP) is 1.51. The number of carboxylic acid groups (broad SMARTS) is 1. The molecule has 18 heavy (non-hydrogen) atoms. The average Bonchev–Trinajstić information content (AvgIpc) is 2.28. The Bertz CT molecular complexity index is 285. The minimum atomic E-state index is -0.964. The van der Waals surface area contributed by atoms with Gasteiger partial charge in [-0.05, 0) is 25.2 Å². The van der Waals surface area contributed by atoms with Gasteiger partial charge in [0.2, 0.25) is 5.91 Å². The molecule has 1 amide bonds. The smallest absolute Gasteiger partial charge is 0.323 e. The molecular formula is C13H23NO4. The molecule has 0 spiro atoms. The Hall–Kier alpha value is -1.10. The molecule has 104 valence electrons. The molecule has 0 aromatic rings. The summed E-state index contributed by atoms with van der Waals surface area (Å²) in [6, 6.07) is 0. The maximum Gasteiger partial charge on any atom is 0.323 e. The van der Waals surface area contributed by atoms with E-state index in [0.29, 0.717) is 19.6 Å². The lowest BCUT2D eigenvalue weighted by molar-refractivity contribution is -0.146. The Kier molecular flexibility index (Phi) is 6.12. The van der Waals surface area contributed by atoms with Gasteiger partial charge in [-0.15, -0.1) is 0 Å². The van der Waals surface area contributed by atoms with Crippen LogP contribution in [0.5, 0.6) is 0 Å². The summed E-state index contributed by atoms with van der Waals surface area (Å²) in [6.45, 7) is 4.92. The average molecular weight is 257 g/mol. The highest BCUT2D eigenvalue weighted by Crippen LogP contribution is 2.17. The van der Waals surface area contributed by atoms with Crippen molar-refractivity contribution in [1.82, 2.24) is 4.90 Å². The molecule has 1 N–H and O–H groups in total. The highest BCUT2D eigenvalue weighted by atomic mass is 16.5. The van der Waals surface area contributed by atoms with E-state index in [1.165, 1.54) is 4.90 Å². The monoisotopic (exact) mass is 257 g/mol. The van der Waals surface area contributed by atoms with E-state index in [0.717, 1.165) is 19.3 Å². The molecule has 1 saturated heterocycles. The minimum Gasteiger partial charge on any atom is -0.480 e. The van der Waals surface area contributed by atoms with Crippen molar-refractivity contribution in [1.29, 1.82) is 0 Å². The fourth-order valence-corrected chi connectivity index (χ4v) is 2.15. The summed E-state index contributed by atoms with van der Waals surface area (Å²) < 4.78 is 5.51.